The number of carbonyl (C=O) groups is 1. The predicted molar refractivity (Wildman–Crippen MR) is 142 cm³/mol. The molecule has 3 aromatic rings. The van der Waals surface area contributed by atoms with Gasteiger partial charge in [-0.1, -0.05) is 38.1 Å². The molecule has 0 spiro atoms. The minimum Gasteiger partial charge on any atom is -0.481 e. The SMILES string of the molecule is COc1ccc(CCc2ccc3c(c2)C(C)(C)CN3C(O)C2CC(=O)N(c3cccc(N)c3)C2)cn1. The number of aliphatic hydroxyl groups excluding tert-OH is 1. The molecule has 188 valence electrons. The zero-order valence-corrected chi connectivity index (χ0v) is 21.1. The van der Waals surface area contributed by atoms with Gasteiger partial charge in [0.2, 0.25) is 11.8 Å². The third-order valence-corrected chi connectivity index (χ3v) is 7.45. The van der Waals surface area contributed by atoms with Crippen LogP contribution in [0.25, 0.3) is 0 Å². The zero-order valence-electron chi connectivity index (χ0n) is 21.1. The van der Waals surface area contributed by atoms with Crippen molar-refractivity contribution >= 4 is 23.0 Å². The number of amides is 1. The number of benzene rings is 2. The lowest BCUT2D eigenvalue weighted by Gasteiger charge is -2.31. The maximum atomic E-state index is 12.8. The van der Waals surface area contributed by atoms with Crippen molar-refractivity contribution in [2.75, 3.05) is 35.7 Å². The molecule has 1 fully saturated rings. The van der Waals surface area contributed by atoms with Crippen LogP contribution in [0.15, 0.2) is 60.8 Å². The number of nitrogens with two attached hydrogens (primary N) is 1. The molecule has 5 rings (SSSR count). The minimum absolute atomic E-state index is 0.0201. The summed E-state index contributed by atoms with van der Waals surface area (Å²) < 4.78 is 5.15. The number of fused-ring (bicyclic) bond motifs is 1. The van der Waals surface area contributed by atoms with Crippen LogP contribution in [0, 0.1) is 5.92 Å². The first-order chi connectivity index (χ1) is 17.2. The van der Waals surface area contributed by atoms with E-state index in [2.05, 4.69) is 48.0 Å². The summed E-state index contributed by atoms with van der Waals surface area (Å²) in [6.07, 6.45) is 3.25. The van der Waals surface area contributed by atoms with Crippen molar-refractivity contribution in [2.45, 2.75) is 44.8 Å². The first kappa shape index (κ1) is 24.1. The van der Waals surface area contributed by atoms with Gasteiger partial charge < -0.3 is 25.4 Å². The summed E-state index contributed by atoms with van der Waals surface area (Å²) in [5.41, 5.74) is 12.0. The number of nitrogen functional groups attached to an aromatic ring is 1. The van der Waals surface area contributed by atoms with Crippen molar-refractivity contribution in [3.8, 4) is 5.88 Å². The number of anilines is 3. The lowest BCUT2D eigenvalue weighted by Crippen LogP contribution is -2.43. The molecule has 36 heavy (non-hydrogen) atoms. The van der Waals surface area contributed by atoms with Gasteiger partial charge in [0.05, 0.1) is 7.11 Å². The second-order valence-corrected chi connectivity index (χ2v) is 10.5. The largest absolute Gasteiger partial charge is 0.481 e. The van der Waals surface area contributed by atoms with E-state index in [4.69, 9.17) is 10.5 Å². The third kappa shape index (κ3) is 4.63. The topological polar surface area (TPSA) is 91.9 Å². The summed E-state index contributed by atoms with van der Waals surface area (Å²) in [5.74, 6) is 0.464. The number of methoxy groups -OCH3 is 1. The van der Waals surface area contributed by atoms with Gasteiger partial charge in [-0.15, -0.1) is 0 Å². The molecule has 0 bridgehead atoms. The quantitative estimate of drug-likeness (QED) is 0.492. The number of aromatic nitrogens is 1. The van der Waals surface area contributed by atoms with Crippen LogP contribution in [0.4, 0.5) is 17.1 Å². The molecule has 2 atom stereocenters. The first-order valence-electron chi connectivity index (χ1n) is 12.5. The Morgan fingerprint density at radius 1 is 1.14 bits per heavy atom. The number of hydrogen-bond donors (Lipinski definition) is 2. The van der Waals surface area contributed by atoms with Gasteiger partial charge in [-0.25, -0.2) is 4.98 Å². The van der Waals surface area contributed by atoms with Crippen molar-refractivity contribution in [2.24, 2.45) is 5.92 Å². The monoisotopic (exact) mass is 486 g/mol. The van der Waals surface area contributed by atoms with Crippen LogP contribution < -0.4 is 20.3 Å². The smallest absolute Gasteiger partial charge is 0.227 e. The number of carbonyl (C=O) groups excluding carboxylic acids is 1. The lowest BCUT2D eigenvalue weighted by atomic mass is 9.85. The predicted octanol–water partition coefficient (Wildman–Crippen LogP) is 3.93. The maximum Gasteiger partial charge on any atom is 0.227 e. The molecule has 2 aromatic carbocycles. The summed E-state index contributed by atoms with van der Waals surface area (Å²) in [6.45, 7) is 5.62. The number of ether oxygens (including phenoxy) is 1. The average Bonchev–Trinajstić information content (AvgIpc) is 3.39. The van der Waals surface area contributed by atoms with Gasteiger partial charge >= 0.3 is 0 Å². The second-order valence-electron chi connectivity index (χ2n) is 10.5. The molecule has 2 aliphatic heterocycles. The second kappa shape index (κ2) is 9.47. The number of aryl methyl sites for hydroxylation is 2. The van der Waals surface area contributed by atoms with Crippen LogP contribution in [-0.2, 0) is 23.1 Å². The van der Waals surface area contributed by atoms with Crippen LogP contribution in [0.1, 0.15) is 37.0 Å². The van der Waals surface area contributed by atoms with E-state index in [9.17, 15) is 9.90 Å². The van der Waals surface area contributed by atoms with Crippen LogP contribution in [0.2, 0.25) is 0 Å². The molecule has 3 N–H and O–H groups in total. The van der Waals surface area contributed by atoms with Crippen LogP contribution in [-0.4, -0.2) is 42.4 Å². The Kier molecular flexibility index (Phi) is 6.35. The van der Waals surface area contributed by atoms with Gasteiger partial charge in [-0.05, 0) is 53.8 Å². The number of hydrogen-bond acceptors (Lipinski definition) is 6. The van der Waals surface area contributed by atoms with E-state index in [0.717, 1.165) is 24.2 Å². The number of pyridine rings is 1. The molecule has 2 unspecified atom stereocenters. The van der Waals surface area contributed by atoms with Gasteiger partial charge in [0.25, 0.3) is 0 Å². The Balaban J connectivity index is 1.30. The van der Waals surface area contributed by atoms with E-state index in [1.54, 1.807) is 12.0 Å². The highest BCUT2D eigenvalue weighted by Crippen LogP contribution is 2.43. The normalized spacial score (nSPS) is 19.4. The molecule has 0 saturated carbocycles. The number of aliphatic hydroxyl groups is 1. The lowest BCUT2D eigenvalue weighted by molar-refractivity contribution is -0.117. The molecule has 0 radical (unpaired) electrons. The third-order valence-electron chi connectivity index (χ3n) is 7.45. The van der Waals surface area contributed by atoms with Crippen molar-refractivity contribution in [1.82, 2.24) is 4.98 Å². The van der Waals surface area contributed by atoms with Gasteiger partial charge in [-0.2, -0.15) is 0 Å². The Morgan fingerprint density at radius 3 is 2.64 bits per heavy atom. The van der Waals surface area contributed by atoms with E-state index in [1.165, 1.54) is 16.7 Å². The van der Waals surface area contributed by atoms with Crippen LogP contribution in [0.3, 0.4) is 0 Å². The molecule has 2 aliphatic rings. The highest BCUT2D eigenvalue weighted by atomic mass is 16.5. The van der Waals surface area contributed by atoms with E-state index < -0.39 is 6.23 Å². The highest BCUT2D eigenvalue weighted by molar-refractivity contribution is 5.96. The van der Waals surface area contributed by atoms with Gasteiger partial charge in [-0.3, -0.25) is 4.79 Å². The molecule has 7 heteroatoms. The molecule has 3 heterocycles. The van der Waals surface area contributed by atoms with Crippen molar-refractivity contribution < 1.29 is 14.6 Å². The van der Waals surface area contributed by atoms with Crippen molar-refractivity contribution in [3.63, 3.8) is 0 Å². The van der Waals surface area contributed by atoms with Gasteiger partial charge in [0.1, 0.15) is 6.23 Å². The van der Waals surface area contributed by atoms with Crippen molar-refractivity contribution in [3.05, 3.63) is 77.5 Å². The number of rotatable bonds is 7. The average molecular weight is 487 g/mol. The molecular weight excluding hydrogens is 452 g/mol. The Bertz CT molecular complexity index is 1260. The minimum atomic E-state index is -0.739. The highest BCUT2D eigenvalue weighted by Gasteiger charge is 2.43. The van der Waals surface area contributed by atoms with E-state index >= 15 is 0 Å². The molecular formula is C29H34N4O3. The van der Waals surface area contributed by atoms with E-state index in [-0.39, 0.29) is 17.2 Å². The van der Waals surface area contributed by atoms with E-state index in [1.807, 2.05) is 36.5 Å². The maximum absolute atomic E-state index is 12.8. The zero-order chi connectivity index (χ0) is 25.4. The summed E-state index contributed by atoms with van der Waals surface area (Å²) >= 11 is 0. The summed E-state index contributed by atoms with van der Waals surface area (Å²) in [4.78, 5) is 20.9. The summed E-state index contributed by atoms with van der Waals surface area (Å²) in [5, 5.41) is 11.4. The Morgan fingerprint density at radius 2 is 1.92 bits per heavy atom. The molecule has 7 nitrogen and oxygen atoms in total. The van der Waals surface area contributed by atoms with Crippen LogP contribution >= 0.6 is 0 Å². The summed E-state index contributed by atoms with van der Waals surface area (Å²) in [7, 11) is 1.62. The molecule has 1 amide bonds. The van der Waals surface area contributed by atoms with E-state index in [0.29, 0.717) is 31.1 Å². The fraction of sp³-hybridized carbons (Fsp3) is 0.379. The van der Waals surface area contributed by atoms with Gasteiger partial charge in [0, 0.05) is 60.2 Å². The Labute approximate surface area is 212 Å². The molecule has 1 aromatic heterocycles. The van der Waals surface area contributed by atoms with Crippen LogP contribution in [0.5, 0.6) is 5.88 Å². The molecule has 0 aliphatic carbocycles. The fourth-order valence-corrected chi connectivity index (χ4v) is 5.46. The molecule has 1 saturated heterocycles. The van der Waals surface area contributed by atoms with Crippen molar-refractivity contribution in [1.29, 1.82) is 0 Å². The number of nitrogens with zero attached hydrogens (tertiary/aromatic N) is 3. The standard InChI is InChI=1S/C29H34N4O3/c1-29(2)18-33(28(35)21-14-27(34)32(17-21)23-6-4-5-22(30)15-23)25-11-9-19(13-24(25)29)7-8-20-10-12-26(36-3)31-16-20/h4-6,9-13,15-16,21,28,35H,7-8,14,17-18,30H2,1-3H3. The fourth-order valence-electron chi connectivity index (χ4n) is 5.46. The first-order valence-corrected chi connectivity index (χ1v) is 12.5. The Hall–Kier alpha value is -3.58. The summed E-state index contributed by atoms with van der Waals surface area (Å²) in [6, 6.07) is 17.9. The van der Waals surface area contributed by atoms with Gasteiger partial charge in [0.15, 0.2) is 0 Å².